The monoisotopic (exact) mass is 266 g/mol. The number of halogens is 1. The summed E-state index contributed by atoms with van der Waals surface area (Å²) in [5, 5.41) is 8.02. The number of ether oxygens (including phenoxy) is 1. The summed E-state index contributed by atoms with van der Waals surface area (Å²) in [7, 11) is 5.37. The smallest absolute Gasteiger partial charge is 0.161 e. The first-order valence-corrected chi connectivity index (χ1v) is 5.89. The Morgan fingerprint density at radius 1 is 1.39 bits per heavy atom. The van der Waals surface area contributed by atoms with E-state index in [0.717, 1.165) is 17.1 Å². The Hall–Kier alpha value is -1.59. The predicted octanol–water partition coefficient (Wildman–Crippen LogP) is 1.79. The van der Waals surface area contributed by atoms with Gasteiger partial charge in [-0.05, 0) is 19.2 Å². The molecule has 0 spiro atoms. The summed E-state index contributed by atoms with van der Waals surface area (Å²) in [6.07, 6.45) is 3.32. The average molecular weight is 267 g/mol. The Morgan fingerprint density at radius 3 is 2.72 bits per heavy atom. The zero-order valence-electron chi connectivity index (χ0n) is 10.5. The van der Waals surface area contributed by atoms with Gasteiger partial charge in [-0.15, -0.1) is 0 Å². The van der Waals surface area contributed by atoms with Crippen LogP contribution in [0.5, 0.6) is 5.75 Å². The fourth-order valence-corrected chi connectivity index (χ4v) is 2.01. The Balaban J connectivity index is 2.44. The van der Waals surface area contributed by atoms with E-state index in [2.05, 4.69) is 15.4 Å². The highest BCUT2D eigenvalue weighted by molar-refractivity contribution is 6.30. The fourth-order valence-electron chi connectivity index (χ4n) is 1.90. The Morgan fingerprint density at radius 2 is 2.17 bits per heavy atom. The molecule has 1 N–H and O–H groups in total. The molecule has 2 heterocycles. The first kappa shape index (κ1) is 12.9. The minimum Gasteiger partial charge on any atom is -0.493 e. The maximum atomic E-state index is 5.85. The fraction of sp³-hybridized carbons (Fsp3) is 0.333. The summed E-state index contributed by atoms with van der Waals surface area (Å²) in [6.45, 7) is 0. The second-order valence-electron chi connectivity index (χ2n) is 3.84. The lowest BCUT2D eigenvalue weighted by Gasteiger charge is -2.17. The van der Waals surface area contributed by atoms with E-state index < -0.39 is 0 Å². The zero-order valence-corrected chi connectivity index (χ0v) is 11.3. The highest BCUT2D eigenvalue weighted by Crippen LogP contribution is 2.28. The molecule has 0 aromatic carbocycles. The molecule has 0 radical (unpaired) electrons. The van der Waals surface area contributed by atoms with Gasteiger partial charge in [-0.2, -0.15) is 5.10 Å². The van der Waals surface area contributed by atoms with Gasteiger partial charge in [-0.3, -0.25) is 9.67 Å². The predicted molar refractivity (Wildman–Crippen MR) is 69.9 cm³/mol. The van der Waals surface area contributed by atoms with E-state index in [-0.39, 0.29) is 6.04 Å². The minimum absolute atomic E-state index is 0.0929. The van der Waals surface area contributed by atoms with E-state index in [1.807, 2.05) is 26.2 Å². The van der Waals surface area contributed by atoms with Crippen LogP contribution in [0.2, 0.25) is 5.02 Å². The Bertz CT molecular complexity index is 523. The molecule has 1 unspecified atom stereocenters. The first-order chi connectivity index (χ1) is 8.67. The third-order valence-electron chi connectivity index (χ3n) is 2.78. The molecule has 18 heavy (non-hydrogen) atoms. The average Bonchev–Trinajstić information content (AvgIpc) is 2.74. The molecule has 0 fully saturated rings. The molecule has 2 aromatic rings. The molecule has 0 aliphatic carbocycles. The van der Waals surface area contributed by atoms with Crippen LogP contribution in [0.3, 0.4) is 0 Å². The van der Waals surface area contributed by atoms with Gasteiger partial charge >= 0.3 is 0 Å². The molecule has 0 saturated carbocycles. The number of nitrogens with zero attached hydrogens (tertiary/aromatic N) is 3. The molecule has 6 heteroatoms. The molecule has 0 bridgehead atoms. The van der Waals surface area contributed by atoms with Crippen molar-refractivity contribution in [3.05, 3.63) is 40.9 Å². The number of methoxy groups -OCH3 is 1. The van der Waals surface area contributed by atoms with Crippen LogP contribution in [0, 0.1) is 0 Å². The molecule has 0 aliphatic rings. The molecule has 5 nitrogen and oxygen atoms in total. The van der Waals surface area contributed by atoms with Crippen molar-refractivity contribution >= 4 is 11.6 Å². The van der Waals surface area contributed by atoms with Crippen LogP contribution in [0.25, 0.3) is 0 Å². The van der Waals surface area contributed by atoms with E-state index >= 15 is 0 Å². The summed E-state index contributed by atoms with van der Waals surface area (Å²) in [5.74, 6) is 0.730. The normalized spacial score (nSPS) is 12.4. The third-order valence-corrected chi connectivity index (χ3v) is 3.00. The molecule has 1 atom stereocenters. The van der Waals surface area contributed by atoms with Crippen molar-refractivity contribution in [1.82, 2.24) is 20.1 Å². The number of aryl methyl sites for hydroxylation is 1. The van der Waals surface area contributed by atoms with Crippen LogP contribution in [0.15, 0.2) is 24.5 Å². The summed E-state index contributed by atoms with van der Waals surface area (Å²) >= 11 is 5.85. The van der Waals surface area contributed by atoms with Gasteiger partial charge in [-0.1, -0.05) is 11.6 Å². The molecule has 0 amide bonds. The summed E-state index contributed by atoms with van der Waals surface area (Å²) < 4.78 is 7.09. The minimum atomic E-state index is -0.0929. The van der Waals surface area contributed by atoms with Crippen LogP contribution in [-0.4, -0.2) is 28.9 Å². The van der Waals surface area contributed by atoms with Crippen molar-refractivity contribution < 1.29 is 4.74 Å². The molecular formula is C12H15ClN4O. The number of hydrogen-bond acceptors (Lipinski definition) is 4. The van der Waals surface area contributed by atoms with Gasteiger partial charge in [0.15, 0.2) is 5.75 Å². The summed E-state index contributed by atoms with van der Waals surface area (Å²) in [4.78, 5) is 4.33. The van der Waals surface area contributed by atoms with Gasteiger partial charge in [0.25, 0.3) is 0 Å². The van der Waals surface area contributed by atoms with Crippen molar-refractivity contribution in [1.29, 1.82) is 0 Å². The maximum absolute atomic E-state index is 5.85. The lowest BCUT2D eigenvalue weighted by Crippen LogP contribution is -2.22. The standard InChI is InChI=1S/C12H15ClN4O/c1-14-11(9-5-4-8(13)6-15-9)12-10(18-3)7-16-17(12)2/h4-7,11,14H,1-3H3. The number of nitrogens with one attached hydrogen (secondary N) is 1. The number of pyridine rings is 1. The topological polar surface area (TPSA) is 52.0 Å². The highest BCUT2D eigenvalue weighted by Gasteiger charge is 2.21. The second kappa shape index (κ2) is 5.37. The van der Waals surface area contributed by atoms with Crippen molar-refractivity contribution in [3.63, 3.8) is 0 Å². The number of rotatable bonds is 4. The van der Waals surface area contributed by atoms with Crippen LogP contribution in [0.4, 0.5) is 0 Å². The Kier molecular flexibility index (Phi) is 3.84. The number of hydrogen-bond donors (Lipinski definition) is 1. The van der Waals surface area contributed by atoms with E-state index in [1.165, 1.54) is 0 Å². The second-order valence-corrected chi connectivity index (χ2v) is 4.28. The zero-order chi connectivity index (χ0) is 13.1. The van der Waals surface area contributed by atoms with Gasteiger partial charge in [0.2, 0.25) is 0 Å². The third kappa shape index (κ3) is 2.32. The van der Waals surface area contributed by atoms with Crippen LogP contribution in [0.1, 0.15) is 17.4 Å². The van der Waals surface area contributed by atoms with Gasteiger partial charge in [0.05, 0.1) is 30.1 Å². The van der Waals surface area contributed by atoms with Crippen molar-refractivity contribution in [2.75, 3.05) is 14.2 Å². The van der Waals surface area contributed by atoms with Crippen molar-refractivity contribution in [3.8, 4) is 5.75 Å². The summed E-state index contributed by atoms with van der Waals surface area (Å²) in [6, 6.07) is 3.61. The van der Waals surface area contributed by atoms with Gasteiger partial charge in [0.1, 0.15) is 5.69 Å². The van der Waals surface area contributed by atoms with Gasteiger partial charge < -0.3 is 10.1 Å². The van der Waals surface area contributed by atoms with Crippen molar-refractivity contribution in [2.45, 2.75) is 6.04 Å². The van der Waals surface area contributed by atoms with Crippen LogP contribution >= 0.6 is 11.6 Å². The van der Waals surface area contributed by atoms with E-state index in [4.69, 9.17) is 16.3 Å². The SMILES string of the molecule is CNC(c1ccc(Cl)cn1)c1c(OC)cnn1C. The van der Waals surface area contributed by atoms with E-state index in [0.29, 0.717) is 5.02 Å². The summed E-state index contributed by atoms with van der Waals surface area (Å²) in [5.41, 5.74) is 1.79. The molecular weight excluding hydrogens is 252 g/mol. The number of aromatic nitrogens is 3. The van der Waals surface area contributed by atoms with Crippen LogP contribution in [-0.2, 0) is 7.05 Å². The molecule has 0 aliphatic heterocycles. The molecule has 2 rings (SSSR count). The maximum Gasteiger partial charge on any atom is 0.161 e. The van der Waals surface area contributed by atoms with Gasteiger partial charge in [0, 0.05) is 13.2 Å². The molecule has 96 valence electrons. The Labute approximate surface area is 111 Å². The largest absolute Gasteiger partial charge is 0.493 e. The quantitative estimate of drug-likeness (QED) is 0.917. The van der Waals surface area contributed by atoms with Crippen molar-refractivity contribution in [2.24, 2.45) is 7.05 Å². The van der Waals surface area contributed by atoms with Crippen LogP contribution < -0.4 is 10.1 Å². The molecule has 0 saturated heterocycles. The highest BCUT2D eigenvalue weighted by atomic mass is 35.5. The van der Waals surface area contributed by atoms with E-state index in [9.17, 15) is 0 Å². The van der Waals surface area contributed by atoms with E-state index in [1.54, 1.807) is 24.2 Å². The lowest BCUT2D eigenvalue weighted by atomic mass is 10.1. The van der Waals surface area contributed by atoms with Gasteiger partial charge in [-0.25, -0.2) is 0 Å². The first-order valence-electron chi connectivity index (χ1n) is 5.52. The molecule has 2 aromatic heterocycles. The lowest BCUT2D eigenvalue weighted by molar-refractivity contribution is 0.402.